The lowest BCUT2D eigenvalue weighted by Crippen LogP contribution is -2.33. The topological polar surface area (TPSA) is 60.0 Å². The summed E-state index contributed by atoms with van der Waals surface area (Å²) in [5.74, 6) is 1.10. The van der Waals surface area contributed by atoms with Crippen molar-refractivity contribution in [2.45, 2.75) is 19.6 Å². The van der Waals surface area contributed by atoms with Crippen LogP contribution in [-0.4, -0.2) is 31.0 Å². The quantitative estimate of drug-likeness (QED) is 0.843. The first-order valence-corrected chi connectivity index (χ1v) is 6.61. The smallest absolute Gasteiger partial charge is 0.123 e. The predicted molar refractivity (Wildman–Crippen MR) is 76.5 cm³/mol. The number of aromatic nitrogens is 3. The van der Waals surface area contributed by atoms with Gasteiger partial charge in [0.05, 0.1) is 6.54 Å². The van der Waals surface area contributed by atoms with Crippen molar-refractivity contribution < 1.29 is 0 Å². The van der Waals surface area contributed by atoms with Crippen LogP contribution in [0.15, 0.2) is 30.7 Å². The molecule has 0 radical (unpaired) electrons. The second kappa shape index (κ2) is 5.07. The Morgan fingerprint density at radius 1 is 1.32 bits per heavy atom. The molecule has 0 aromatic carbocycles. The van der Waals surface area contributed by atoms with Gasteiger partial charge < -0.3 is 10.3 Å². The van der Waals surface area contributed by atoms with E-state index in [0.29, 0.717) is 4.99 Å². The van der Waals surface area contributed by atoms with E-state index in [1.165, 1.54) is 0 Å². The summed E-state index contributed by atoms with van der Waals surface area (Å²) < 4.78 is 2.19. The van der Waals surface area contributed by atoms with Crippen LogP contribution in [0.3, 0.4) is 0 Å². The van der Waals surface area contributed by atoms with Crippen LogP contribution in [0.25, 0.3) is 0 Å². The fourth-order valence-corrected chi connectivity index (χ4v) is 2.57. The molecule has 19 heavy (non-hydrogen) atoms. The van der Waals surface area contributed by atoms with Crippen LogP contribution in [0, 0.1) is 0 Å². The number of nitrogens with two attached hydrogens (primary N) is 1. The van der Waals surface area contributed by atoms with Gasteiger partial charge in [0.2, 0.25) is 0 Å². The minimum Gasteiger partial charge on any atom is -0.388 e. The summed E-state index contributed by atoms with van der Waals surface area (Å²) >= 11 is 5.05. The molecule has 5 nitrogen and oxygen atoms in total. The molecule has 0 aliphatic carbocycles. The molecule has 0 amide bonds. The number of imidazole rings is 1. The van der Waals surface area contributed by atoms with Gasteiger partial charge in [-0.2, -0.15) is 0 Å². The maximum atomic E-state index is 5.71. The van der Waals surface area contributed by atoms with Gasteiger partial charge in [-0.25, -0.2) is 4.98 Å². The van der Waals surface area contributed by atoms with Gasteiger partial charge in [-0.3, -0.25) is 9.88 Å². The van der Waals surface area contributed by atoms with E-state index in [1.807, 2.05) is 24.5 Å². The Hall–Kier alpha value is -1.79. The van der Waals surface area contributed by atoms with Crippen LogP contribution in [0.1, 0.15) is 17.1 Å². The number of hydrogen-bond donors (Lipinski definition) is 1. The first kappa shape index (κ1) is 12.3. The van der Waals surface area contributed by atoms with Crippen molar-refractivity contribution in [3.05, 3.63) is 47.8 Å². The third-order valence-corrected chi connectivity index (χ3v) is 3.54. The highest BCUT2D eigenvalue weighted by atomic mass is 32.1. The van der Waals surface area contributed by atoms with E-state index in [2.05, 4.69) is 19.4 Å². The normalized spacial score (nSPS) is 15.2. The van der Waals surface area contributed by atoms with E-state index in [4.69, 9.17) is 18.0 Å². The lowest BCUT2D eigenvalue weighted by molar-refractivity contribution is 0.208. The Balaban J connectivity index is 1.78. The van der Waals surface area contributed by atoms with Crippen LogP contribution in [0.2, 0.25) is 0 Å². The largest absolute Gasteiger partial charge is 0.388 e. The van der Waals surface area contributed by atoms with Crippen molar-refractivity contribution in [2.75, 3.05) is 6.54 Å². The van der Waals surface area contributed by atoms with Crippen LogP contribution in [-0.2, 0) is 19.6 Å². The van der Waals surface area contributed by atoms with E-state index >= 15 is 0 Å². The Morgan fingerprint density at radius 2 is 2.21 bits per heavy atom. The minimum absolute atomic E-state index is 0.356. The van der Waals surface area contributed by atoms with Crippen LogP contribution in [0.4, 0.5) is 0 Å². The van der Waals surface area contributed by atoms with Gasteiger partial charge in [0.1, 0.15) is 16.5 Å². The van der Waals surface area contributed by atoms with Gasteiger partial charge >= 0.3 is 0 Å². The maximum Gasteiger partial charge on any atom is 0.123 e. The summed E-state index contributed by atoms with van der Waals surface area (Å²) in [4.78, 5) is 11.3. The number of rotatable bonds is 3. The van der Waals surface area contributed by atoms with Gasteiger partial charge in [-0.05, 0) is 11.6 Å². The van der Waals surface area contributed by atoms with Crippen molar-refractivity contribution in [3.63, 3.8) is 0 Å². The number of nitrogens with zero attached hydrogens (tertiary/aromatic N) is 4. The van der Waals surface area contributed by atoms with Crippen molar-refractivity contribution >= 4 is 17.2 Å². The zero-order valence-electron chi connectivity index (χ0n) is 10.5. The molecule has 0 bridgehead atoms. The van der Waals surface area contributed by atoms with Gasteiger partial charge in [0.15, 0.2) is 0 Å². The average Bonchev–Trinajstić information content (AvgIpc) is 2.86. The lowest BCUT2D eigenvalue weighted by Gasteiger charge is -2.27. The van der Waals surface area contributed by atoms with E-state index in [1.54, 1.807) is 6.20 Å². The molecule has 0 atom stereocenters. The van der Waals surface area contributed by atoms with Crippen molar-refractivity contribution in [1.82, 2.24) is 19.4 Å². The highest BCUT2D eigenvalue weighted by Crippen LogP contribution is 2.15. The summed E-state index contributed by atoms with van der Waals surface area (Å²) in [7, 11) is 0. The molecular weight excluding hydrogens is 258 g/mol. The fraction of sp³-hybridized carbons (Fsp3) is 0.308. The predicted octanol–water partition coefficient (Wildman–Crippen LogP) is 0.928. The molecule has 0 saturated carbocycles. The Kier molecular flexibility index (Phi) is 3.27. The summed E-state index contributed by atoms with van der Waals surface area (Å²) in [5.41, 5.74) is 7.52. The molecule has 0 saturated heterocycles. The molecule has 98 valence electrons. The van der Waals surface area contributed by atoms with Crippen LogP contribution in [0.5, 0.6) is 0 Å². The zero-order chi connectivity index (χ0) is 13.2. The highest BCUT2D eigenvalue weighted by Gasteiger charge is 2.18. The van der Waals surface area contributed by atoms with Crippen molar-refractivity contribution in [1.29, 1.82) is 0 Å². The number of pyridine rings is 1. The van der Waals surface area contributed by atoms with E-state index < -0.39 is 0 Å². The summed E-state index contributed by atoms with van der Waals surface area (Å²) in [6.07, 6.45) is 5.60. The molecule has 3 heterocycles. The standard InChI is InChI=1S/C13H15N5S/c14-13(19)12-10(2-1-3-16-12)8-17-6-7-18-5-4-15-11(18)9-17/h1-5H,6-9H2,(H2,14,19). The molecule has 1 aliphatic rings. The fourth-order valence-electron chi connectivity index (χ4n) is 2.39. The van der Waals surface area contributed by atoms with Crippen LogP contribution >= 0.6 is 12.2 Å². The molecule has 3 rings (SSSR count). The lowest BCUT2D eigenvalue weighted by atomic mass is 10.1. The first-order valence-electron chi connectivity index (χ1n) is 6.20. The monoisotopic (exact) mass is 273 g/mol. The van der Waals surface area contributed by atoms with E-state index in [0.717, 1.165) is 43.3 Å². The van der Waals surface area contributed by atoms with Crippen LogP contribution < -0.4 is 5.73 Å². The van der Waals surface area contributed by atoms with Gasteiger partial charge in [0, 0.05) is 38.2 Å². The molecule has 2 aromatic heterocycles. The maximum absolute atomic E-state index is 5.71. The zero-order valence-corrected chi connectivity index (χ0v) is 11.3. The number of fused-ring (bicyclic) bond motifs is 1. The summed E-state index contributed by atoms with van der Waals surface area (Å²) in [6, 6.07) is 3.95. The SMILES string of the molecule is NC(=S)c1ncccc1CN1CCn2ccnc2C1. The first-order chi connectivity index (χ1) is 9.24. The Bertz CT molecular complexity index is 607. The summed E-state index contributed by atoms with van der Waals surface area (Å²) in [5, 5.41) is 0. The molecule has 6 heteroatoms. The Morgan fingerprint density at radius 3 is 3.05 bits per heavy atom. The third kappa shape index (κ3) is 2.50. The summed E-state index contributed by atoms with van der Waals surface area (Å²) in [6.45, 7) is 3.61. The van der Waals surface area contributed by atoms with Crippen molar-refractivity contribution in [2.24, 2.45) is 5.73 Å². The minimum atomic E-state index is 0.356. The van der Waals surface area contributed by atoms with Crippen molar-refractivity contribution in [3.8, 4) is 0 Å². The third-order valence-electron chi connectivity index (χ3n) is 3.34. The van der Waals surface area contributed by atoms with E-state index in [-0.39, 0.29) is 0 Å². The molecule has 0 fully saturated rings. The molecule has 0 spiro atoms. The second-order valence-corrected chi connectivity index (χ2v) is 5.06. The number of thiocarbonyl (C=S) groups is 1. The van der Waals surface area contributed by atoms with E-state index in [9.17, 15) is 0 Å². The molecule has 1 aliphatic heterocycles. The second-order valence-electron chi connectivity index (χ2n) is 4.62. The van der Waals surface area contributed by atoms with Gasteiger partial charge in [0.25, 0.3) is 0 Å². The molecule has 2 aromatic rings. The van der Waals surface area contributed by atoms with Gasteiger partial charge in [-0.15, -0.1) is 0 Å². The van der Waals surface area contributed by atoms with Gasteiger partial charge in [-0.1, -0.05) is 18.3 Å². The molecular formula is C13H15N5S. The molecule has 0 unspecified atom stereocenters. The highest BCUT2D eigenvalue weighted by molar-refractivity contribution is 7.80. The molecule has 2 N–H and O–H groups in total. The number of hydrogen-bond acceptors (Lipinski definition) is 4. The Labute approximate surface area is 117 Å². The average molecular weight is 273 g/mol.